The molecule has 0 aliphatic heterocycles. The molecular formula is C13H19N3S. The Morgan fingerprint density at radius 3 is 2.88 bits per heavy atom. The number of fused-ring (bicyclic) bond motifs is 1. The highest BCUT2D eigenvalue weighted by Crippen LogP contribution is 2.28. The standard InChI is InChI=1S/C13H19N3S/c1-10(8-9-16(2)3)14-13-11-6-4-5-7-12(11)15-17-13/h4-7,10,14H,8-9H2,1-3H3. The molecule has 0 fully saturated rings. The van der Waals surface area contributed by atoms with Crippen LogP contribution in [0.15, 0.2) is 24.3 Å². The van der Waals surface area contributed by atoms with Gasteiger partial charge in [-0.05, 0) is 57.6 Å². The monoisotopic (exact) mass is 249 g/mol. The van der Waals surface area contributed by atoms with Crippen molar-refractivity contribution in [2.75, 3.05) is 26.0 Å². The van der Waals surface area contributed by atoms with Crippen LogP contribution in [-0.4, -0.2) is 36.0 Å². The van der Waals surface area contributed by atoms with Gasteiger partial charge >= 0.3 is 0 Å². The van der Waals surface area contributed by atoms with E-state index in [0.717, 1.165) is 18.5 Å². The first-order chi connectivity index (χ1) is 8.16. The molecule has 1 heterocycles. The molecule has 3 nitrogen and oxygen atoms in total. The zero-order valence-corrected chi connectivity index (χ0v) is 11.4. The van der Waals surface area contributed by atoms with Gasteiger partial charge in [0.15, 0.2) is 0 Å². The van der Waals surface area contributed by atoms with Crippen LogP contribution in [0.4, 0.5) is 5.00 Å². The first-order valence-electron chi connectivity index (χ1n) is 5.92. The lowest BCUT2D eigenvalue weighted by Crippen LogP contribution is -2.22. The molecule has 0 aliphatic carbocycles. The summed E-state index contributed by atoms with van der Waals surface area (Å²) < 4.78 is 4.44. The number of hydrogen-bond acceptors (Lipinski definition) is 4. The molecule has 2 rings (SSSR count). The Bertz CT molecular complexity index is 478. The molecule has 0 aliphatic rings. The molecule has 0 bridgehead atoms. The highest BCUT2D eigenvalue weighted by Gasteiger charge is 2.08. The second-order valence-electron chi connectivity index (χ2n) is 4.67. The van der Waals surface area contributed by atoms with Crippen molar-refractivity contribution in [2.24, 2.45) is 0 Å². The van der Waals surface area contributed by atoms with Gasteiger partial charge in [0.05, 0.1) is 5.52 Å². The summed E-state index contributed by atoms with van der Waals surface area (Å²) in [4.78, 5) is 2.21. The fourth-order valence-electron chi connectivity index (χ4n) is 1.74. The van der Waals surface area contributed by atoms with E-state index in [1.54, 1.807) is 11.5 Å². The van der Waals surface area contributed by atoms with Gasteiger partial charge in [0.25, 0.3) is 0 Å². The second-order valence-corrected chi connectivity index (χ2v) is 5.44. The molecule has 0 spiro atoms. The minimum Gasteiger partial charge on any atom is -0.373 e. The van der Waals surface area contributed by atoms with E-state index < -0.39 is 0 Å². The summed E-state index contributed by atoms with van der Waals surface area (Å²) in [7, 11) is 4.21. The van der Waals surface area contributed by atoms with Crippen molar-refractivity contribution in [1.82, 2.24) is 9.27 Å². The SMILES string of the molecule is CC(CCN(C)C)Nc1snc2ccccc12. The average Bonchev–Trinajstić information content (AvgIpc) is 2.70. The molecule has 0 saturated heterocycles. The number of anilines is 1. The van der Waals surface area contributed by atoms with E-state index in [1.807, 2.05) is 6.07 Å². The maximum atomic E-state index is 4.44. The molecular weight excluding hydrogens is 230 g/mol. The highest BCUT2D eigenvalue weighted by molar-refractivity contribution is 7.11. The summed E-state index contributed by atoms with van der Waals surface area (Å²) in [5.41, 5.74) is 1.08. The van der Waals surface area contributed by atoms with Gasteiger partial charge < -0.3 is 10.2 Å². The third-order valence-corrected chi connectivity index (χ3v) is 3.58. The summed E-state index contributed by atoms with van der Waals surface area (Å²) in [6.07, 6.45) is 1.14. The smallest absolute Gasteiger partial charge is 0.117 e. The first kappa shape index (κ1) is 12.3. The van der Waals surface area contributed by atoms with Gasteiger partial charge in [-0.3, -0.25) is 0 Å². The average molecular weight is 249 g/mol. The van der Waals surface area contributed by atoms with Gasteiger partial charge in [-0.25, -0.2) is 0 Å². The Kier molecular flexibility index (Phi) is 3.97. The zero-order valence-electron chi connectivity index (χ0n) is 10.6. The lowest BCUT2D eigenvalue weighted by molar-refractivity contribution is 0.390. The molecule has 1 aromatic carbocycles. The number of rotatable bonds is 5. The fraction of sp³-hybridized carbons (Fsp3) is 0.462. The topological polar surface area (TPSA) is 28.2 Å². The Morgan fingerprint density at radius 1 is 1.35 bits per heavy atom. The van der Waals surface area contributed by atoms with E-state index in [4.69, 9.17) is 0 Å². The zero-order chi connectivity index (χ0) is 12.3. The van der Waals surface area contributed by atoms with Crippen molar-refractivity contribution >= 4 is 27.4 Å². The van der Waals surface area contributed by atoms with E-state index in [9.17, 15) is 0 Å². The number of hydrogen-bond donors (Lipinski definition) is 1. The van der Waals surface area contributed by atoms with Crippen LogP contribution in [-0.2, 0) is 0 Å². The second kappa shape index (κ2) is 5.47. The van der Waals surface area contributed by atoms with Crippen LogP contribution in [0.2, 0.25) is 0 Å². The molecule has 0 saturated carbocycles. The van der Waals surface area contributed by atoms with Gasteiger partial charge in [0.2, 0.25) is 0 Å². The van der Waals surface area contributed by atoms with Gasteiger partial charge in [-0.15, -0.1) is 0 Å². The third kappa shape index (κ3) is 3.17. The molecule has 2 aromatic rings. The maximum Gasteiger partial charge on any atom is 0.117 e. The van der Waals surface area contributed by atoms with Crippen LogP contribution < -0.4 is 5.32 Å². The molecule has 1 N–H and O–H groups in total. The van der Waals surface area contributed by atoms with Gasteiger partial charge in [0.1, 0.15) is 5.00 Å². The van der Waals surface area contributed by atoms with Crippen LogP contribution in [0.25, 0.3) is 10.9 Å². The summed E-state index contributed by atoms with van der Waals surface area (Å²) in [5.74, 6) is 0. The van der Waals surface area contributed by atoms with Crippen molar-refractivity contribution in [1.29, 1.82) is 0 Å². The van der Waals surface area contributed by atoms with Crippen LogP contribution in [0.1, 0.15) is 13.3 Å². The predicted molar refractivity (Wildman–Crippen MR) is 75.9 cm³/mol. The lowest BCUT2D eigenvalue weighted by atomic mass is 10.2. The lowest BCUT2D eigenvalue weighted by Gasteiger charge is -2.16. The van der Waals surface area contributed by atoms with Crippen LogP contribution in [0.3, 0.4) is 0 Å². The van der Waals surface area contributed by atoms with E-state index in [2.05, 4.69) is 53.8 Å². The van der Waals surface area contributed by atoms with Crippen molar-refractivity contribution in [3.05, 3.63) is 24.3 Å². The molecule has 1 atom stereocenters. The quantitative estimate of drug-likeness (QED) is 0.882. The molecule has 0 radical (unpaired) electrons. The molecule has 0 amide bonds. The van der Waals surface area contributed by atoms with E-state index >= 15 is 0 Å². The normalized spacial score (nSPS) is 13.2. The van der Waals surface area contributed by atoms with E-state index in [-0.39, 0.29) is 0 Å². The van der Waals surface area contributed by atoms with Crippen molar-refractivity contribution in [2.45, 2.75) is 19.4 Å². The fourth-order valence-corrected chi connectivity index (χ4v) is 2.61. The van der Waals surface area contributed by atoms with Crippen LogP contribution in [0.5, 0.6) is 0 Å². The van der Waals surface area contributed by atoms with Crippen molar-refractivity contribution in [3.63, 3.8) is 0 Å². The van der Waals surface area contributed by atoms with Crippen molar-refractivity contribution < 1.29 is 0 Å². The van der Waals surface area contributed by atoms with Crippen molar-refractivity contribution in [3.8, 4) is 0 Å². The van der Waals surface area contributed by atoms with Gasteiger partial charge in [-0.2, -0.15) is 4.37 Å². The van der Waals surface area contributed by atoms with Crippen LogP contribution in [0, 0.1) is 0 Å². The summed E-state index contributed by atoms with van der Waals surface area (Å²) in [5, 5.41) is 5.97. The minimum atomic E-state index is 0.473. The number of nitrogens with one attached hydrogen (secondary N) is 1. The molecule has 17 heavy (non-hydrogen) atoms. The number of benzene rings is 1. The third-order valence-electron chi connectivity index (χ3n) is 2.77. The van der Waals surface area contributed by atoms with Gasteiger partial charge in [0, 0.05) is 11.4 Å². The Hall–Kier alpha value is -1.13. The van der Waals surface area contributed by atoms with E-state index in [0.29, 0.717) is 6.04 Å². The summed E-state index contributed by atoms with van der Waals surface area (Å²) >= 11 is 1.55. The minimum absolute atomic E-state index is 0.473. The molecule has 1 aromatic heterocycles. The van der Waals surface area contributed by atoms with Gasteiger partial charge in [-0.1, -0.05) is 12.1 Å². The summed E-state index contributed by atoms with van der Waals surface area (Å²) in [6, 6.07) is 8.75. The maximum absolute atomic E-state index is 4.44. The Balaban J connectivity index is 2.03. The van der Waals surface area contributed by atoms with Crippen LogP contribution >= 0.6 is 11.5 Å². The predicted octanol–water partition coefficient (Wildman–Crippen LogP) is 3.05. The Labute approximate surface area is 107 Å². The molecule has 92 valence electrons. The summed E-state index contributed by atoms with van der Waals surface area (Å²) in [6.45, 7) is 3.32. The Morgan fingerprint density at radius 2 is 2.12 bits per heavy atom. The van der Waals surface area contributed by atoms with E-state index in [1.165, 1.54) is 10.4 Å². The largest absolute Gasteiger partial charge is 0.373 e. The number of aromatic nitrogens is 1. The molecule has 4 heteroatoms. The first-order valence-corrected chi connectivity index (χ1v) is 6.70. The number of nitrogens with zero attached hydrogens (tertiary/aromatic N) is 2. The highest BCUT2D eigenvalue weighted by atomic mass is 32.1. The molecule has 1 unspecified atom stereocenters.